The van der Waals surface area contributed by atoms with Gasteiger partial charge in [0.2, 0.25) is 17.7 Å². The molecule has 0 aromatic heterocycles. The molecular formula is C17H19Cl2N3O3. The molecule has 0 bridgehead atoms. The minimum absolute atomic E-state index is 0.0243. The van der Waals surface area contributed by atoms with E-state index in [1.165, 1.54) is 17.0 Å². The summed E-state index contributed by atoms with van der Waals surface area (Å²) in [5.74, 6) is -0.993. The number of nitrogens with two attached hydrogens (primary N) is 1. The summed E-state index contributed by atoms with van der Waals surface area (Å²) in [7, 11) is 0. The second kappa shape index (κ2) is 7.22. The third-order valence-corrected chi connectivity index (χ3v) is 5.48. The molecule has 2 fully saturated rings. The lowest BCUT2D eigenvalue weighted by Crippen LogP contribution is -2.34. The summed E-state index contributed by atoms with van der Waals surface area (Å²) in [5, 5.41) is 3.15. The number of likely N-dealkylation sites (tertiary alicyclic amines) is 1. The van der Waals surface area contributed by atoms with Gasteiger partial charge < -0.3 is 11.1 Å². The van der Waals surface area contributed by atoms with Gasteiger partial charge in [-0.2, -0.15) is 0 Å². The van der Waals surface area contributed by atoms with E-state index in [1.54, 1.807) is 0 Å². The molecule has 3 amide bonds. The fraction of sp³-hybridized carbons (Fsp3) is 0.471. The third kappa shape index (κ3) is 3.60. The largest absolute Gasteiger partial charge is 0.396 e. The second-order valence-corrected chi connectivity index (χ2v) is 7.29. The zero-order valence-corrected chi connectivity index (χ0v) is 15.1. The first-order chi connectivity index (χ1) is 11.9. The Balaban J connectivity index is 1.59. The van der Waals surface area contributed by atoms with Crippen LogP contribution in [0.5, 0.6) is 0 Å². The summed E-state index contributed by atoms with van der Waals surface area (Å²) in [6.45, 7) is 0.0902. The number of nitrogen functional groups attached to an aromatic ring is 1. The van der Waals surface area contributed by atoms with Gasteiger partial charge in [0, 0.05) is 18.7 Å². The average Bonchev–Trinajstić information content (AvgIpc) is 2.82. The Kier molecular flexibility index (Phi) is 5.20. The molecule has 2 aliphatic rings. The minimum Gasteiger partial charge on any atom is -0.396 e. The number of imide groups is 1. The lowest BCUT2D eigenvalue weighted by molar-refractivity contribution is -0.140. The number of hydrogen-bond donors (Lipinski definition) is 2. The van der Waals surface area contributed by atoms with Gasteiger partial charge >= 0.3 is 0 Å². The molecule has 1 aromatic carbocycles. The van der Waals surface area contributed by atoms with Crippen LogP contribution in [0.4, 0.5) is 11.4 Å². The van der Waals surface area contributed by atoms with E-state index in [2.05, 4.69) is 5.32 Å². The van der Waals surface area contributed by atoms with Crippen molar-refractivity contribution in [3.63, 3.8) is 0 Å². The summed E-state index contributed by atoms with van der Waals surface area (Å²) >= 11 is 11.9. The third-order valence-electron chi connectivity index (χ3n) is 4.86. The van der Waals surface area contributed by atoms with Gasteiger partial charge in [0.15, 0.2) is 0 Å². The summed E-state index contributed by atoms with van der Waals surface area (Å²) in [5.41, 5.74) is 6.32. The molecule has 0 spiro atoms. The van der Waals surface area contributed by atoms with Crippen LogP contribution in [-0.4, -0.2) is 29.2 Å². The predicted octanol–water partition coefficient (Wildman–Crippen LogP) is 3.08. The molecule has 1 saturated carbocycles. The molecule has 2 atom stereocenters. The number of fused-ring (bicyclic) bond motifs is 1. The van der Waals surface area contributed by atoms with Crippen molar-refractivity contribution < 1.29 is 14.4 Å². The van der Waals surface area contributed by atoms with Gasteiger partial charge in [-0.1, -0.05) is 36.0 Å². The van der Waals surface area contributed by atoms with E-state index in [0.717, 1.165) is 25.7 Å². The summed E-state index contributed by atoms with van der Waals surface area (Å²) in [6, 6.07) is 3.00. The van der Waals surface area contributed by atoms with Gasteiger partial charge in [-0.25, -0.2) is 0 Å². The van der Waals surface area contributed by atoms with Gasteiger partial charge in [0.25, 0.3) is 0 Å². The number of nitrogens with one attached hydrogen (secondary N) is 1. The SMILES string of the molecule is Nc1c(Cl)cc(NC(=O)CCN2C(=O)[C@H]3CCCC[C@H]3C2=O)cc1Cl. The normalized spacial score (nSPS) is 22.9. The quantitative estimate of drug-likeness (QED) is 0.616. The topological polar surface area (TPSA) is 92.5 Å². The number of carbonyl (C=O) groups is 3. The lowest BCUT2D eigenvalue weighted by Gasteiger charge is -2.19. The monoisotopic (exact) mass is 383 g/mol. The number of benzene rings is 1. The molecule has 1 heterocycles. The van der Waals surface area contributed by atoms with Crippen LogP contribution in [0.1, 0.15) is 32.1 Å². The van der Waals surface area contributed by atoms with Gasteiger partial charge in [-0.3, -0.25) is 19.3 Å². The maximum absolute atomic E-state index is 12.4. The maximum atomic E-state index is 12.4. The highest BCUT2D eigenvalue weighted by molar-refractivity contribution is 6.39. The van der Waals surface area contributed by atoms with Crippen LogP contribution in [0.15, 0.2) is 12.1 Å². The van der Waals surface area contributed by atoms with Crippen LogP contribution < -0.4 is 11.1 Å². The molecule has 0 unspecified atom stereocenters. The van der Waals surface area contributed by atoms with E-state index < -0.39 is 0 Å². The van der Waals surface area contributed by atoms with E-state index in [9.17, 15) is 14.4 Å². The van der Waals surface area contributed by atoms with E-state index in [-0.39, 0.29) is 58.3 Å². The lowest BCUT2D eigenvalue weighted by atomic mass is 9.81. The van der Waals surface area contributed by atoms with Crippen molar-refractivity contribution in [3.05, 3.63) is 22.2 Å². The molecule has 8 heteroatoms. The fourth-order valence-electron chi connectivity index (χ4n) is 3.54. The van der Waals surface area contributed by atoms with Crippen molar-refractivity contribution in [2.75, 3.05) is 17.6 Å². The van der Waals surface area contributed by atoms with Crippen molar-refractivity contribution in [2.24, 2.45) is 11.8 Å². The van der Waals surface area contributed by atoms with Gasteiger partial charge in [0.05, 0.1) is 27.6 Å². The summed E-state index contributed by atoms with van der Waals surface area (Å²) < 4.78 is 0. The Morgan fingerprint density at radius 3 is 2.16 bits per heavy atom. The molecule has 6 nitrogen and oxygen atoms in total. The van der Waals surface area contributed by atoms with Crippen LogP contribution in [0.25, 0.3) is 0 Å². The standard InChI is InChI=1S/C17H19Cl2N3O3/c18-12-7-9(8-13(19)15(12)20)21-14(23)5-6-22-16(24)10-3-1-2-4-11(10)17(22)25/h7-8,10-11H,1-6,20H2,(H,21,23)/t10-,11+. The van der Waals surface area contributed by atoms with Crippen LogP contribution in [-0.2, 0) is 14.4 Å². The highest BCUT2D eigenvalue weighted by Crippen LogP contribution is 2.38. The number of hydrogen-bond acceptors (Lipinski definition) is 4. The molecule has 3 rings (SSSR count). The van der Waals surface area contributed by atoms with E-state index in [0.29, 0.717) is 5.69 Å². The zero-order valence-electron chi connectivity index (χ0n) is 13.6. The smallest absolute Gasteiger partial charge is 0.233 e. The number of rotatable bonds is 4. The molecule has 1 saturated heterocycles. The molecule has 1 aliphatic heterocycles. The molecular weight excluding hydrogens is 365 g/mol. The van der Waals surface area contributed by atoms with E-state index in [1.807, 2.05) is 0 Å². The van der Waals surface area contributed by atoms with Crippen molar-refractivity contribution in [2.45, 2.75) is 32.1 Å². The Hall–Kier alpha value is -1.79. The minimum atomic E-state index is -0.327. The predicted molar refractivity (Wildman–Crippen MR) is 96.3 cm³/mol. The number of anilines is 2. The van der Waals surface area contributed by atoms with Crippen LogP contribution in [0.3, 0.4) is 0 Å². The molecule has 134 valence electrons. The molecule has 25 heavy (non-hydrogen) atoms. The first-order valence-electron chi connectivity index (χ1n) is 8.28. The van der Waals surface area contributed by atoms with Gasteiger partial charge in [0.1, 0.15) is 0 Å². The van der Waals surface area contributed by atoms with Crippen LogP contribution in [0, 0.1) is 11.8 Å². The van der Waals surface area contributed by atoms with Crippen molar-refractivity contribution in [3.8, 4) is 0 Å². The fourth-order valence-corrected chi connectivity index (χ4v) is 4.03. The Bertz CT molecular complexity index is 691. The molecule has 1 aromatic rings. The van der Waals surface area contributed by atoms with Crippen LogP contribution in [0.2, 0.25) is 10.0 Å². The Labute approximate surface area is 155 Å². The average molecular weight is 384 g/mol. The highest BCUT2D eigenvalue weighted by atomic mass is 35.5. The van der Waals surface area contributed by atoms with E-state index >= 15 is 0 Å². The Morgan fingerprint density at radius 2 is 1.64 bits per heavy atom. The number of nitrogens with zero attached hydrogens (tertiary/aromatic N) is 1. The Morgan fingerprint density at radius 1 is 1.12 bits per heavy atom. The second-order valence-electron chi connectivity index (χ2n) is 6.48. The maximum Gasteiger partial charge on any atom is 0.233 e. The van der Waals surface area contributed by atoms with Crippen LogP contribution >= 0.6 is 23.2 Å². The van der Waals surface area contributed by atoms with Crippen molar-refractivity contribution in [1.29, 1.82) is 0 Å². The van der Waals surface area contributed by atoms with Crippen molar-refractivity contribution in [1.82, 2.24) is 4.90 Å². The molecule has 1 aliphatic carbocycles. The number of amides is 3. The molecule has 0 radical (unpaired) electrons. The van der Waals surface area contributed by atoms with Gasteiger partial charge in [-0.15, -0.1) is 0 Å². The zero-order chi connectivity index (χ0) is 18.1. The van der Waals surface area contributed by atoms with Gasteiger partial charge in [-0.05, 0) is 25.0 Å². The molecule has 3 N–H and O–H groups in total. The summed E-state index contributed by atoms with van der Waals surface area (Å²) in [4.78, 5) is 38.1. The summed E-state index contributed by atoms with van der Waals surface area (Å²) in [6.07, 6.45) is 3.51. The van der Waals surface area contributed by atoms with E-state index in [4.69, 9.17) is 28.9 Å². The first-order valence-corrected chi connectivity index (χ1v) is 9.03. The van der Waals surface area contributed by atoms with Crippen molar-refractivity contribution >= 4 is 52.3 Å². The first kappa shape index (κ1) is 18.0. The number of halogens is 2. The number of carbonyl (C=O) groups excluding carboxylic acids is 3. The highest BCUT2D eigenvalue weighted by Gasteiger charge is 2.47.